The van der Waals surface area contributed by atoms with Crippen LogP contribution in [0.1, 0.15) is 16.7 Å². The third-order valence-electron chi connectivity index (χ3n) is 4.41. The first-order valence-corrected chi connectivity index (χ1v) is 9.55. The summed E-state index contributed by atoms with van der Waals surface area (Å²) in [7, 11) is 1.56. The van der Waals surface area contributed by atoms with E-state index in [0.717, 1.165) is 16.7 Å². The first kappa shape index (κ1) is 20.9. The number of anilines is 1. The summed E-state index contributed by atoms with van der Waals surface area (Å²) >= 11 is 0. The van der Waals surface area contributed by atoms with Crippen LogP contribution < -0.4 is 10.1 Å². The Morgan fingerprint density at radius 1 is 0.900 bits per heavy atom. The fraction of sp³-hybridized carbons (Fsp3) is 0.120. The van der Waals surface area contributed by atoms with Gasteiger partial charge in [-0.1, -0.05) is 66.7 Å². The van der Waals surface area contributed by atoms with Crippen LogP contribution >= 0.6 is 0 Å². The standard InChI is InChI=1S/C25H23NO4/c1-29-23-14-8-6-11-20(23)15-16-25(28)30-18-24(27)26-22-13-7-5-12-21(22)17-19-9-3-2-4-10-19/h2-16H,17-18H2,1H3,(H,26,27)/b16-15+. The number of rotatable bonds is 8. The Balaban J connectivity index is 1.55. The highest BCUT2D eigenvalue weighted by Crippen LogP contribution is 2.20. The van der Waals surface area contributed by atoms with Crippen LogP contribution in [0.4, 0.5) is 5.69 Å². The van der Waals surface area contributed by atoms with E-state index in [-0.39, 0.29) is 6.61 Å². The molecule has 1 amide bonds. The number of esters is 1. The SMILES string of the molecule is COc1ccccc1/C=C/C(=O)OCC(=O)Nc1ccccc1Cc1ccccc1. The Bertz CT molecular complexity index is 1030. The molecule has 0 heterocycles. The van der Waals surface area contributed by atoms with Gasteiger partial charge in [-0.15, -0.1) is 0 Å². The lowest BCUT2D eigenvalue weighted by Gasteiger charge is -2.11. The second kappa shape index (κ2) is 10.6. The molecule has 0 aliphatic rings. The van der Waals surface area contributed by atoms with E-state index in [9.17, 15) is 9.59 Å². The van der Waals surface area contributed by atoms with Crippen molar-refractivity contribution in [2.24, 2.45) is 0 Å². The molecule has 0 spiro atoms. The van der Waals surface area contributed by atoms with Crippen LogP contribution in [0.2, 0.25) is 0 Å². The minimum Gasteiger partial charge on any atom is -0.496 e. The largest absolute Gasteiger partial charge is 0.496 e. The third kappa shape index (κ3) is 6.07. The number of hydrogen-bond acceptors (Lipinski definition) is 4. The van der Waals surface area contributed by atoms with Gasteiger partial charge in [-0.05, 0) is 35.8 Å². The average molecular weight is 401 g/mol. The molecule has 3 aromatic carbocycles. The summed E-state index contributed by atoms with van der Waals surface area (Å²) in [5.74, 6) is -0.350. The van der Waals surface area contributed by atoms with Crippen molar-refractivity contribution in [3.8, 4) is 5.75 Å². The highest BCUT2D eigenvalue weighted by Gasteiger charge is 2.09. The Morgan fingerprint density at radius 3 is 2.40 bits per heavy atom. The molecule has 0 fully saturated rings. The van der Waals surface area contributed by atoms with E-state index < -0.39 is 11.9 Å². The zero-order valence-electron chi connectivity index (χ0n) is 16.7. The zero-order valence-corrected chi connectivity index (χ0v) is 16.7. The minimum atomic E-state index is -0.603. The predicted molar refractivity (Wildman–Crippen MR) is 117 cm³/mol. The van der Waals surface area contributed by atoms with E-state index in [0.29, 0.717) is 17.9 Å². The fourth-order valence-electron chi connectivity index (χ4n) is 2.95. The Labute approximate surface area is 176 Å². The normalized spacial score (nSPS) is 10.6. The summed E-state index contributed by atoms with van der Waals surface area (Å²) in [5, 5.41) is 2.82. The smallest absolute Gasteiger partial charge is 0.331 e. The molecule has 0 aliphatic heterocycles. The second-order valence-corrected chi connectivity index (χ2v) is 6.55. The summed E-state index contributed by atoms with van der Waals surface area (Å²) in [6, 6.07) is 24.9. The van der Waals surface area contributed by atoms with Gasteiger partial charge >= 0.3 is 5.97 Å². The summed E-state index contributed by atoms with van der Waals surface area (Å²) in [6.45, 7) is -0.366. The van der Waals surface area contributed by atoms with Crippen LogP contribution in [-0.2, 0) is 20.7 Å². The Hall–Kier alpha value is -3.86. The van der Waals surface area contributed by atoms with E-state index in [1.54, 1.807) is 19.3 Å². The third-order valence-corrected chi connectivity index (χ3v) is 4.41. The first-order chi connectivity index (χ1) is 14.7. The topological polar surface area (TPSA) is 64.6 Å². The summed E-state index contributed by atoms with van der Waals surface area (Å²) in [5.41, 5.74) is 3.58. The first-order valence-electron chi connectivity index (χ1n) is 9.55. The number of nitrogens with one attached hydrogen (secondary N) is 1. The van der Waals surface area contributed by atoms with Gasteiger partial charge in [0.25, 0.3) is 5.91 Å². The van der Waals surface area contributed by atoms with Crippen molar-refractivity contribution >= 4 is 23.6 Å². The fourth-order valence-corrected chi connectivity index (χ4v) is 2.95. The Morgan fingerprint density at radius 2 is 1.60 bits per heavy atom. The average Bonchev–Trinajstić information content (AvgIpc) is 2.78. The van der Waals surface area contributed by atoms with Crippen molar-refractivity contribution in [1.29, 1.82) is 0 Å². The lowest BCUT2D eigenvalue weighted by atomic mass is 10.0. The number of carbonyl (C=O) groups is 2. The van der Waals surface area contributed by atoms with Crippen molar-refractivity contribution in [3.05, 3.63) is 102 Å². The summed E-state index contributed by atoms with van der Waals surface area (Å²) in [6.07, 6.45) is 3.56. The molecule has 1 N–H and O–H groups in total. The molecule has 0 atom stereocenters. The number of ether oxygens (including phenoxy) is 2. The van der Waals surface area contributed by atoms with Gasteiger partial charge in [-0.2, -0.15) is 0 Å². The predicted octanol–water partition coefficient (Wildman–Crippen LogP) is 4.48. The van der Waals surface area contributed by atoms with Gasteiger partial charge < -0.3 is 14.8 Å². The molecule has 3 rings (SSSR count). The van der Waals surface area contributed by atoms with E-state index in [1.807, 2.05) is 72.8 Å². The van der Waals surface area contributed by atoms with Crippen LogP contribution in [0.5, 0.6) is 5.75 Å². The molecule has 5 nitrogen and oxygen atoms in total. The van der Waals surface area contributed by atoms with E-state index in [4.69, 9.17) is 9.47 Å². The molecule has 152 valence electrons. The molecule has 0 saturated heterocycles. The van der Waals surface area contributed by atoms with E-state index >= 15 is 0 Å². The number of methoxy groups -OCH3 is 1. The maximum Gasteiger partial charge on any atom is 0.331 e. The van der Waals surface area contributed by atoms with Crippen LogP contribution in [0.15, 0.2) is 84.9 Å². The van der Waals surface area contributed by atoms with Crippen molar-refractivity contribution in [3.63, 3.8) is 0 Å². The Kier molecular flexibility index (Phi) is 7.39. The monoisotopic (exact) mass is 401 g/mol. The molecule has 3 aromatic rings. The van der Waals surface area contributed by atoms with Crippen molar-refractivity contribution in [2.45, 2.75) is 6.42 Å². The van der Waals surface area contributed by atoms with E-state index in [2.05, 4.69) is 5.32 Å². The van der Waals surface area contributed by atoms with Gasteiger partial charge in [0.05, 0.1) is 7.11 Å². The van der Waals surface area contributed by atoms with Gasteiger partial charge in [0, 0.05) is 17.3 Å². The number of benzene rings is 3. The maximum absolute atomic E-state index is 12.3. The summed E-state index contributed by atoms with van der Waals surface area (Å²) in [4.78, 5) is 24.2. The minimum absolute atomic E-state index is 0.366. The molecule has 0 saturated carbocycles. The number of para-hydroxylation sites is 2. The van der Waals surface area contributed by atoms with Crippen molar-refractivity contribution in [2.75, 3.05) is 19.0 Å². The van der Waals surface area contributed by atoms with Gasteiger partial charge in [0.1, 0.15) is 5.75 Å². The highest BCUT2D eigenvalue weighted by molar-refractivity contribution is 5.95. The molecule has 0 bridgehead atoms. The number of carbonyl (C=O) groups excluding carboxylic acids is 2. The van der Waals surface area contributed by atoms with Crippen molar-refractivity contribution in [1.82, 2.24) is 0 Å². The van der Waals surface area contributed by atoms with Crippen LogP contribution in [0.3, 0.4) is 0 Å². The maximum atomic E-state index is 12.3. The molecule has 30 heavy (non-hydrogen) atoms. The highest BCUT2D eigenvalue weighted by atomic mass is 16.5. The van der Waals surface area contributed by atoms with Crippen LogP contribution in [0.25, 0.3) is 6.08 Å². The van der Waals surface area contributed by atoms with Gasteiger partial charge in [0.2, 0.25) is 0 Å². The van der Waals surface area contributed by atoms with Crippen LogP contribution in [-0.4, -0.2) is 25.6 Å². The van der Waals surface area contributed by atoms with E-state index in [1.165, 1.54) is 6.08 Å². The molecular formula is C25H23NO4. The van der Waals surface area contributed by atoms with Gasteiger partial charge in [0.15, 0.2) is 6.61 Å². The second-order valence-electron chi connectivity index (χ2n) is 6.55. The lowest BCUT2D eigenvalue weighted by molar-refractivity contribution is -0.142. The molecule has 0 unspecified atom stereocenters. The lowest BCUT2D eigenvalue weighted by Crippen LogP contribution is -2.20. The van der Waals surface area contributed by atoms with Crippen molar-refractivity contribution < 1.29 is 19.1 Å². The quantitative estimate of drug-likeness (QED) is 0.446. The molecular weight excluding hydrogens is 378 g/mol. The molecule has 5 heteroatoms. The van der Waals surface area contributed by atoms with Gasteiger partial charge in [-0.3, -0.25) is 4.79 Å². The van der Waals surface area contributed by atoms with Crippen LogP contribution in [0, 0.1) is 0 Å². The molecule has 0 aliphatic carbocycles. The zero-order chi connectivity index (χ0) is 21.2. The molecule has 0 aromatic heterocycles. The number of hydrogen-bond donors (Lipinski definition) is 1. The van der Waals surface area contributed by atoms with Gasteiger partial charge in [-0.25, -0.2) is 4.79 Å². The summed E-state index contributed by atoms with van der Waals surface area (Å²) < 4.78 is 10.3. The number of amides is 1. The molecule has 0 radical (unpaired) electrons.